The van der Waals surface area contributed by atoms with Crippen molar-refractivity contribution in [1.82, 2.24) is 15.2 Å². The number of amides is 1. The highest BCUT2D eigenvalue weighted by molar-refractivity contribution is 6.00. The lowest BCUT2D eigenvalue weighted by Crippen LogP contribution is -2.47. The topological polar surface area (TPSA) is 100 Å². The quantitative estimate of drug-likeness (QED) is 0.639. The second-order valence-corrected chi connectivity index (χ2v) is 5.89. The second-order valence-electron chi connectivity index (χ2n) is 5.89. The van der Waals surface area contributed by atoms with Crippen LogP contribution in [0.15, 0.2) is 24.3 Å². The Balaban J connectivity index is 1.67. The molecule has 0 aliphatic carbocycles. The third-order valence-electron chi connectivity index (χ3n) is 4.30. The van der Waals surface area contributed by atoms with Crippen molar-refractivity contribution in [2.45, 2.75) is 13.0 Å². The summed E-state index contributed by atoms with van der Waals surface area (Å²) in [6.07, 6.45) is 0. The summed E-state index contributed by atoms with van der Waals surface area (Å²) < 4.78 is 5.32. The molecule has 0 saturated carbocycles. The highest BCUT2D eigenvalue weighted by Gasteiger charge is 2.20. The summed E-state index contributed by atoms with van der Waals surface area (Å²) in [6, 6.07) is 6.61. The number of nitrogens with zero attached hydrogens (tertiary/aromatic N) is 2. The molecule has 1 aliphatic rings. The molecule has 0 spiro atoms. The molecule has 1 saturated heterocycles. The van der Waals surface area contributed by atoms with Gasteiger partial charge in [-0.05, 0) is 13.0 Å². The first-order valence-electron chi connectivity index (χ1n) is 7.92. The lowest BCUT2D eigenvalue weighted by molar-refractivity contribution is -0.383. The van der Waals surface area contributed by atoms with Gasteiger partial charge in [0, 0.05) is 37.1 Å². The summed E-state index contributed by atoms with van der Waals surface area (Å²) in [5.74, 6) is -0.263. The summed E-state index contributed by atoms with van der Waals surface area (Å²) in [6.45, 7) is 5.71. The highest BCUT2D eigenvalue weighted by Crippen LogP contribution is 2.25. The Morgan fingerprint density at radius 1 is 1.46 bits per heavy atom. The minimum Gasteiger partial charge on any atom is -0.379 e. The molecule has 128 valence electrons. The molecule has 2 N–H and O–H groups in total. The summed E-state index contributed by atoms with van der Waals surface area (Å²) in [5, 5.41) is 14.6. The van der Waals surface area contributed by atoms with Gasteiger partial charge in [-0.25, -0.2) is 0 Å². The van der Waals surface area contributed by atoms with E-state index < -0.39 is 4.92 Å². The van der Waals surface area contributed by atoms with Crippen molar-refractivity contribution in [3.05, 3.63) is 40.1 Å². The average Bonchev–Trinajstić information content (AvgIpc) is 3.04. The molecule has 0 bridgehead atoms. The van der Waals surface area contributed by atoms with E-state index in [9.17, 15) is 14.9 Å². The van der Waals surface area contributed by atoms with Crippen molar-refractivity contribution >= 4 is 22.5 Å². The number of aromatic amines is 1. The predicted molar refractivity (Wildman–Crippen MR) is 89.1 cm³/mol. The standard InChI is InChI=1S/C16H20N4O4/c1-11(19-5-7-24-8-6-19)10-17-16(21)13-9-12-3-2-4-14(20(22)23)15(12)18-13/h2-4,9,11,18H,5-8,10H2,1H3,(H,17,21). The molecule has 1 unspecified atom stereocenters. The van der Waals surface area contributed by atoms with Gasteiger partial charge in [0.2, 0.25) is 0 Å². The fourth-order valence-electron chi connectivity index (χ4n) is 2.90. The first-order chi connectivity index (χ1) is 11.6. The zero-order valence-corrected chi connectivity index (χ0v) is 13.4. The first kappa shape index (κ1) is 16.4. The van der Waals surface area contributed by atoms with E-state index in [2.05, 4.69) is 22.1 Å². The summed E-state index contributed by atoms with van der Waals surface area (Å²) in [7, 11) is 0. The van der Waals surface area contributed by atoms with E-state index >= 15 is 0 Å². The zero-order valence-electron chi connectivity index (χ0n) is 13.4. The number of H-pyrrole nitrogens is 1. The van der Waals surface area contributed by atoms with E-state index in [0.717, 1.165) is 13.1 Å². The molecule has 1 amide bonds. The van der Waals surface area contributed by atoms with Crippen molar-refractivity contribution in [3.63, 3.8) is 0 Å². The van der Waals surface area contributed by atoms with Gasteiger partial charge in [-0.3, -0.25) is 19.8 Å². The van der Waals surface area contributed by atoms with Crippen molar-refractivity contribution in [2.24, 2.45) is 0 Å². The van der Waals surface area contributed by atoms with Crippen molar-refractivity contribution < 1.29 is 14.5 Å². The number of rotatable bonds is 5. The Morgan fingerprint density at radius 2 is 2.21 bits per heavy atom. The van der Waals surface area contributed by atoms with Crippen LogP contribution < -0.4 is 5.32 Å². The lowest BCUT2D eigenvalue weighted by atomic mass is 10.2. The number of benzene rings is 1. The monoisotopic (exact) mass is 332 g/mol. The van der Waals surface area contributed by atoms with Crippen LogP contribution in [0.1, 0.15) is 17.4 Å². The van der Waals surface area contributed by atoms with Gasteiger partial charge in [0.25, 0.3) is 11.6 Å². The minimum atomic E-state index is -0.457. The van der Waals surface area contributed by atoms with Crippen molar-refractivity contribution in [3.8, 4) is 0 Å². The molecule has 1 aliphatic heterocycles. The molecule has 24 heavy (non-hydrogen) atoms. The number of non-ortho nitro benzene ring substituents is 1. The molecule has 0 radical (unpaired) electrons. The highest BCUT2D eigenvalue weighted by atomic mass is 16.6. The van der Waals surface area contributed by atoms with Crippen molar-refractivity contribution in [2.75, 3.05) is 32.8 Å². The maximum atomic E-state index is 12.3. The average molecular weight is 332 g/mol. The number of carbonyl (C=O) groups is 1. The third kappa shape index (κ3) is 3.39. The van der Waals surface area contributed by atoms with Crippen LogP contribution in [0.2, 0.25) is 0 Å². The Labute approximate surface area is 138 Å². The number of ether oxygens (including phenoxy) is 1. The molecule has 1 fully saturated rings. The van der Waals surface area contributed by atoms with Gasteiger partial charge >= 0.3 is 0 Å². The van der Waals surface area contributed by atoms with Gasteiger partial charge in [-0.1, -0.05) is 12.1 Å². The number of para-hydroxylation sites is 1. The third-order valence-corrected chi connectivity index (χ3v) is 4.30. The molecule has 2 heterocycles. The number of fused-ring (bicyclic) bond motifs is 1. The van der Waals surface area contributed by atoms with Gasteiger partial charge in [0.1, 0.15) is 11.2 Å². The Hall–Kier alpha value is -2.45. The van der Waals surface area contributed by atoms with E-state index in [4.69, 9.17) is 4.74 Å². The maximum Gasteiger partial charge on any atom is 0.293 e. The predicted octanol–water partition coefficient (Wildman–Crippen LogP) is 1.53. The molecule has 8 heteroatoms. The Bertz CT molecular complexity index is 752. The number of morpholine rings is 1. The van der Waals surface area contributed by atoms with Crippen LogP contribution in [-0.4, -0.2) is 59.6 Å². The summed E-state index contributed by atoms with van der Waals surface area (Å²) in [5.41, 5.74) is 0.663. The van der Waals surface area contributed by atoms with Gasteiger partial charge < -0.3 is 15.0 Å². The normalized spacial score (nSPS) is 16.9. The van der Waals surface area contributed by atoms with Gasteiger partial charge in [-0.2, -0.15) is 0 Å². The minimum absolute atomic E-state index is 0.0340. The number of hydrogen-bond acceptors (Lipinski definition) is 5. The fraction of sp³-hybridized carbons (Fsp3) is 0.438. The molecule has 8 nitrogen and oxygen atoms in total. The number of carbonyl (C=O) groups excluding carboxylic acids is 1. The van der Waals surface area contributed by atoms with Crippen LogP contribution in [0, 0.1) is 10.1 Å². The Morgan fingerprint density at radius 3 is 2.92 bits per heavy atom. The number of nitro benzene ring substituents is 1. The second kappa shape index (κ2) is 6.98. The van der Waals surface area contributed by atoms with E-state index in [1.54, 1.807) is 18.2 Å². The van der Waals surface area contributed by atoms with Crippen LogP contribution >= 0.6 is 0 Å². The lowest BCUT2D eigenvalue weighted by Gasteiger charge is -2.32. The van der Waals surface area contributed by atoms with Crippen LogP contribution in [0.5, 0.6) is 0 Å². The number of hydrogen-bond donors (Lipinski definition) is 2. The Kier molecular flexibility index (Phi) is 4.77. The molecule has 2 aromatic rings. The van der Waals surface area contributed by atoms with Crippen LogP contribution in [-0.2, 0) is 4.74 Å². The smallest absolute Gasteiger partial charge is 0.293 e. The van der Waals surface area contributed by atoms with Crippen molar-refractivity contribution in [1.29, 1.82) is 0 Å². The van der Waals surface area contributed by atoms with Crippen LogP contribution in [0.4, 0.5) is 5.69 Å². The molecule has 3 rings (SSSR count). The van der Waals surface area contributed by atoms with E-state index in [-0.39, 0.29) is 17.6 Å². The fourth-order valence-corrected chi connectivity index (χ4v) is 2.90. The molecular weight excluding hydrogens is 312 g/mol. The van der Waals surface area contributed by atoms with Gasteiger partial charge in [0.05, 0.1) is 18.1 Å². The largest absolute Gasteiger partial charge is 0.379 e. The van der Waals surface area contributed by atoms with E-state index in [1.165, 1.54) is 6.07 Å². The van der Waals surface area contributed by atoms with Crippen LogP contribution in [0.25, 0.3) is 10.9 Å². The van der Waals surface area contributed by atoms with Gasteiger partial charge in [0.15, 0.2) is 0 Å². The number of nitrogens with one attached hydrogen (secondary N) is 2. The SMILES string of the molecule is CC(CNC(=O)c1cc2cccc([N+](=O)[O-])c2[nH]1)N1CCOCC1. The summed E-state index contributed by atoms with van der Waals surface area (Å²) in [4.78, 5) is 28.0. The number of nitro groups is 1. The molecular formula is C16H20N4O4. The molecule has 1 aromatic carbocycles. The van der Waals surface area contributed by atoms with Crippen LogP contribution in [0.3, 0.4) is 0 Å². The maximum absolute atomic E-state index is 12.3. The first-order valence-corrected chi connectivity index (χ1v) is 7.92. The molecule has 1 atom stereocenters. The van der Waals surface area contributed by atoms with E-state index in [1.807, 2.05) is 0 Å². The summed E-state index contributed by atoms with van der Waals surface area (Å²) >= 11 is 0. The number of aromatic nitrogens is 1. The zero-order chi connectivity index (χ0) is 17.1. The van der Waals surface area contributed by atoms with Gasteiger partial charge in [-0.15, -0.1) is 0 Å². The molecule has 1 aromatic heterocycles. The van der Waals surface area contributed by atoms with E-state index in [0.29, 0.717) is 36.4 Å².